The maximum Gasteiger partial charge on any atom is 0.288 e. The molecule has 2 N–H and O–H groups in total. The molecule has 0 aliphatic rings. The smallest absolute Gasteiger partial charge is 0.288 e. The van der Waals surface area contributed by atoms with Crippen LogP contribution in [0.5, 0.6) is 5.75 Å². The molecule has 0 saturated heterocycles. The zero-order chi connectivity index (χ0) is 12.1. The second kappa shape index (κ2) is 5.64. The molecule has 0 aromatic heterocycles. The van der Waals surface area contributed by atoms with Crippen molar-refractivity contribution in [2.45, 2.75) is 6.10 Å². The summed E-state index contributed by atoms with van der Waals surface area (Å²) in [6, 6.07) is 3.86. The summed E-state index contributed by atoms with van der Waals surface area (Å²) < 4.78 is 5.06. The van der Waals surface area contributed by atoms with Gasteiger partial charge in [-0.3, -0.25) is 10.1 Å². The van der Waals surface area contributed by atoms with E-state index in [1.165, 1.54) is 18.2 Å². The molecule has 0 radical (unpaired) electrons. The van der Waals surface area contributed by atoms with Crippen LogP contribution >= 0.6 is 11.6 Å². The first-order valence-corrected chi connectivity index (χ1v) is 4.78. The molecule has 0 aliphatic carbocycles. The Hall–Kier alpha value is -1.37. The Morgan fingerprint density at radius 2 is 2.25 bits per heavy atom. The van der Waals surface area contributed by atoms with Gasteiger partial charge in [0.15, 0.2) is 0 Å². The van der Waals surface area contributed by atoms with E-state index in [-0.39, 0.29) is 17.3 Å². The molecule has 0 aliphatic heterocycles. The summed E-state index contributed by atoms with van der Waals surface area (Å²) in [6.07, 6.45) is -0.992. The number of nitro benzene ring substituents is 1. The number of hydrogen-bond acceptors (Lipinski definition) is 5. The van der Waals surface area contributed by atoms with Gasteiger partial charge >= 0.3 is 0 Å². The largest absolute Gasteiger partial charge is 0.491 e. The second-order valence-electron chi connectivity index (χ2n) is 3.02. The highest BCUT2D eigenvalue weighted by Gasteiger charge is 2.13. The first-order chi connectivity index (χ1) is 7.54. The van der Waals surface area contributed by atoms with Crippen molar-refractivity contribution < 1.29 is 19.9 Å². The molecule has 0 heterocycles. The third-order valence-electron chi connectivity index (χ3n) is 1.77. The van der Waals surface area contributed by atoms with Gasteiger partial charge in [0.1, 0.15) is 23.5 Å². The van der Waals surface area contributed by atoms with E-state index in [1.54, 1.807) is 0 Å². The van der Waals surface area contributed by atoms with Gasteiger partial charge in [-0.1, -0.05) is 11.6 Å². The summed E-state index contributed by atoms with van der Waals surface area (Å²) in [5.74, 6) is 0.295. The summed E-state index contributed by atoms with van der Waals surface area (Å²) >= 11 is 5.64. The molecule has 1 aromatic rings. The van der Waals surface area contributed by atoms with Gasteiger partial charge < -0.3 is 14.9 Å². The van der Waals surface area contributed by atoms with Crippen molar-refractivity contribution in [2.75, 3.05) is 13.2 Å². The fourth-order valence-electron chi connectivity index (χ4n) is 0.971. The van der Waals surface area contributed by atoms with E-state index in [0.717, 1.165) is 0 Å². The van der Waals surface area contributed by atoms with Gasteiger partial charge in [0, 0.05) is 12.1 Å². The Kier molecular flexibility index (Phi) is 4.48. The van der Waals surface area contributed by atoms with Crippen LogP contribution in [0.25, 0.3) is 0 Å². The fraction of sp³-hybridized carbons (Fsp3) is 0.333. The van der Waals surface area contributed by atoms with Crippen molar-refractivity contribution in [3.8, 4) is 5.75 Å². The van der Waals surface area contributed by atoms with E-state index >= 15 is 0 Å². The summed E-state index contributed by atoms with van der Waals surface area (Å²) in [6.45, 7) is -0.522. The second-order valence-corrected chi connectivity index (χ2v) is 3.42. The lowest BCUT2D eigenvalue weighted by atomic mass is 10.3. The zero-order valence-corrected chi connectivity index (χ0v) is 8.92. The number of benzene rings is 1. The SMILES string of the molecule is O=[N+]([O-])c1ccc(OCC(O)CO)cc1Cl. The van der Waals surface area contributed by atoms with Crippen molar-refractivity contribution in [2.24, 2.45) is 0 Å². The molecule has 0 fully saturated rings. The maximum atomic E-state index is 10.5. The Morgan fingerprint density at radius 1 is 1.56 bits per heavy atom. The van der Waals surface area contributed by atoms with Gasteiger partial charge in [-0.2, -0.15) is 0 Å². The lowest BCUT2D eigenvalue weighted by Crippen LogP contribution is -2.21. The van der Waals surface area contributed by atoms with Crippen LogP contribution in [-0.2, 0) is 0 Å². The number of rotatable bonds is 5. The molecule has 1 atom stereocenters. The quantitative estimate of drug-likeness (QED) is 0.598. The van der Waals surface area contributed by atoms with Crippen LogP contribution in [0.15, 0.2) is 18.2 Å². The topological polar surface area (TPSA) is 92.8 Å². The minimum absolute atomic E-state index is 0.0408. The number of nitrogens with zero attached hydrogens (tertiary/aromatic N) is 1. The lowest BCUT2D eigenvalue weighted by molar-refractivity contribution is -0.384. The summed E-state index contributed by atoms with van der Waals surface area (Å²) in [5, 5.41) is 28.0. The normalized spacial score (nSPS) is 12.2. The van der Waals surface area contributed by atoms with Crippen molar-refractivity contribution in [3.05, 3.63) is 33.3 Å². The van der Waals surface area contributed by atoms with E-state index in [4.69, 9.17) is 26.6 Å². The standard InChI is InChI=1S/C9H10ClNO5/c10-8-3-7(16-5-6(13)4-12)1-2-9(8)11(14)15/h1-3,6,12-13H,4-5H2. The predicted molar refractivity (Wildman–Crippen MR) is 56.7 cm³/mol. The highest BCUT2D eigenvalue weighted by molar-refractivity contribution is 6.32. The summed E-state index contributed by atoms with van der Waals surface area (Å²) in [4.78, 5) is 9.85. The van der Waals surface area contributed by atoms with E-state index in [9.17, 15) is 10.1 Å². The third kappa shape index (κ3) is 3.34. The molecule has 0 spiro atoms. The van der Waals surface area contributed by atoms with E-state index in [2.05, 4.69) is 0 Å². The van der Waals surface area contributed by atoms with Gasteiger partial charge in [0.25, 0.3) is 5.69 Å². The number of aliphatic hydroxyl groups is 2. The number of aliphatic hydroxyl groups excluding tert-OH is 2. The van der Waals surface area contributed by atoms with Crippen molar-refractivity contribution >= 4 is 17.3 Å². The number of ether oxygens (including phenoxy) is 1. The minimum Gasteiger partial charge on any atom is -0.491 e. The van der Waals surface area contributed by atoms with Crippen molar-refractivity contribution in [1.29, 1.82) is 0 Å². The molecule has 0 bridgehead atoms. The predicted octanol–water partition coefficient (Wildman–Crippen LogP) is 0.980. The van der Waals surface area contributed by atoms with Crippen LogP contribution < -0.4 is 4.74 Å². The molecular formula is C9H10ClNO5. The average Bonchev–Trinajstić information content (AvgIpc) is 2.25. The van der Waals surface area contributed by atoms with Crippen molar-refractivity contribution in [1.82, 2.24) is 0 Å². The molecule has 0 amide bonds. The number of hydrogen-bond donors (Lipinski definition) is 2. The summed E-state index contributed by atoms with van der Waals surface area (Å²) in [7, 11) is 0. The van der Waals surface area contributed by atoms with E-state index in [0.29, 0.717) is 5.75 Å². The van der Waals surface area contributed by atoms with Gasteiger partial charge in [0.05, 0.1) is 11.5 Å². The Bertz CT molecular complexity index is 384. The van der Waals surface area contributed by atoms with Crippen LogP contribution in [0.3, 0.4) is 0 Å². The molecule has 88 valence electrons. The lowest BCUT2D eigenvalue weighted by Gasteiger charge is -2.09. The van der Waals surface area contributed by atoms with Crippen LogP contribution in [0.4, 0.5) is 5.69 Å². The number of nitro groups is 1. The van der Waals surface area contributed by atoms with Crippen molar-refractivity contribution in [3.63, 3.8) is 0 Å². The number of halogens is 1. The molecule has 1 unspecified atom stereocenters. The fourth-order valence-corrected chi connectivity index (χ4v) is 1.21. The molecule has 7 heteroatoms. The molecule has 0 saturated carbocycles. The molecule has 16 heavy (non-hydrogen) atoms. The minimum atomic E-state index is -0.992. The van der Waals surface area contributed by atoms with Crippen LogP contribution in [0.1, 0.15) is 0 Å². The molecular weight excluding hydrogens is 238 g/mol. The molecule has 1 aromatic carbocycles. The first-order valence-electron chi connectivity index (χ1n) is 4.40. The van der Waals surface area contributed by atoms with Gasteiger partial charge in [-0.15, -0.1) is 0 Å². The Morgan fingerprint density at radius 3 is 2.75 bits per heavy atom. The van der Waals surface area contributed by atoms with Gasteiger partial charge in [-0.25, -0.2) is 0 Å². The molecule has 1 rings (SSSR count). The average molecular weight is 248 g/mol. The highest BCUT2D eigenvalue weighted by Crippen LogP contribution is 2.28. The molecule has 6 nitrogen and oxygen atoms in total. The Balaban J connectivity index is 2.70. The van der Waals surface area contributed by atoms with Crippen LogP contribution in [0, 0.1) is 10.1 Å². The third-order valence-corrected chi connectivity index (χ3v) is 2.07. The first kappa shape index (κ1) is 12.7. The van der Waals surface area contributed by atoms with Gasteiger partial charge in [-0.05, 0) is 6.07 Å². The summed E-state index contributed by atoms with van der Waals surface area (Å²) in [5.41, 5.74) is -0.211. The Labute approximate surface area is 96.2 Å². The highest BCUT2D eigenvalue weighted by atomic mass is 35.5. The van der Waals surface area contributed by atoms with E-state index < -0.39 is 17.6 Å². The zero-order valence-electron chi connectivity index (χ0n) is 8.17. The van der Waals surface area contributed by atoms with E-state index in [1.807, 2.05) is 0 Å². The maximum absolute atomic E-state index is 10.5. The monoisotopic (exact) mass is 247 g/mol. The van der Waals surface area contributed by atoms with Gasteiger partial charge in [0.2, 0.25) is 0 Å². The van der Waals surface area contributed by atoms with Crippen LogP contribution in [-0.4, -0.2) is 34.5 Å². The van der Waals surface area contributed by atoms with Crippen LogP contribution in [0.2, 0.25) is 5.02 Å².